The second-order valence-corrected chi connectivity index (χ2v) is 31.7. The fraction of sp³-hybridized carbons (Fsp3) is 0.796. The molecular weight excluding hydrogens is 1420 g/mol. The van der Waals surface area contributed by atoms with Crippen LogP contribution in [0.2, 0.25) is 0 Å². The first-order valence-corrected chi connectivity index (χ1v) is 45.1. The Morgan fingerprint density at radius 2 is 0.616 bits per heavy atom. The first kappa shape index (κ1) is 103. The third kappa shape index (κ3) is 49.6. The lowest BCUT2D eigenvalue weighted by atomic mass is 9.96. The van der Waals surface area contributed by atoms with E-state index in [2.05, 4.69) is 129 Å². The predicted molar refractivity (Wildman–Crippen MR) is 452 cm³/mol. The van der Waals surface area contributed by atoms with Gasteiger partial charge in [0.1, 0.15) is 73.2 Å². The average molecular weight is 1580 g/mol. The Kier molecular flexibility index (Phi) is 65.6. The van der Waals surface area contributed by atoms with Gasteiger partial charge in [-0.2, -0.15) is 0 Å². The minimum absolute atomic E-state index is 0.249. The van der Waals surface area contributed by atoms with E-state index >= 15 is 0 Å². The maximum atomic E-state index is 13.5. The number of aliphatic hydroxyl groups excluding tert-OH is 11. The van der Waals surface area contributed by atoms with Gasteiger partial charge < -0.3 is 89.9 Å². The summed E-state index contributed by atoms with van der Waals surface area (Å²) in [7, 11) is 0. The molecule has 0 saturated carbocycles. The second-order valence-electron chi connectivity index (χ2n) is 31.7. The zero-order valence-electron chi connectivity index (χ0n) is 69.9. The van der Waals surface area contributed by atoms with Gasteiger partial charge in [-0.15, -0.1) is 0 Å². The predicted octanol–water partition coefficient (Wildman–Crippen LogP) is 17.2. The number of ether oxygens (including phenoxy) is 6. The summed E-state index contributed by atoms with van der Waals surface area (Å²) in [5.41, 5.74) is 0. The number of hydrogen-bond donors (Lipinski definition) is 12. The summed E-state index contributed by atoms with van der Waals surface area (Å²) >= 11 is 0. The van der Waals surface area contributed by atoms with Crippen molar-refractivity contribution < 1.29 is 89.4 Å². The molecule has 648 valence electrons. The zero-order valence-corrected chi connectivity index (χ0v) is 69.9. The number of rotatable bonds is 72. The summed E-state index contributed by atoms with van der Waals surface area (Å²) in [6.45, 7) is 1.72. The maximum Gasteiger partial charge on any atom is 0.220 e. The van der Waals surface area contributed by atoms with E-state index in [-0.39, 0.29) is 18.9 Å². The van der Waals surface area contributed by atoms with Crippen LogP contribution in [0, 0.1) is 0 Å². The van der Waals surface area contributed by atoms with Crippen molar-refractivity contribution in [2.45, 2.75) is 446 Å². The van der Waals surface area contributed by atoms with Crippen molar-refractivity contribution in [1.29, 1.82) is 0 Å². The minimum Gasteiger partial charge on any atom is -0.394 e. The molecule has 0 radical (unpaired) electrons. The first-order chi connectivity index (χ1) is 54.8. The lowest BCUT2D eigenvalue weighted by molar-refractivity contribution is -0.379. The molecule has 0 bridgehead atoms. The Balaban J connectivity index is 1.33. The van der Waals surface area contributed by atoms with Crippen molar-refractivity contribution in [2.24, 2.45) is 0 Å². The Hall–Kier alpha value is -3.55. The maximum absolute atomic E-state index is 13.5. The molecule has 0 spiro atoms. The lowest BCUT2D eigenvalue weighted by Gasteiger charge is -2.48. The Bertz CT molecular complexity index is 2450. The highest BCUT2D eigenvalue weighted by atomic mass is 16.8. The van der Waals surface area contributed by atoms with Crippen LogP contribution in [-0.2, 0) is 33.2 Å². The number of aliphatic hydroxyl groups is 11. The van der Waals surface area contributed by atoms with Crippen LogP contribution in [-0.4, -0.2) is 193 Å². The SMILES string of the molecule is CC/C=C\C/C=C\C/C=C\C/C=C\C/C=C\C/C=C\C/C=C\C/C=C\C/C=C\CCCCCCCCCCCC(=O)NC(COC1OC(CO)C(OC2OC(CO)C(OC3OC(CO)C(O)C(O)C3O)C(O)C2O)C(O)C1O)C(O)CCCCCCCCCCCCCCCCCCCCCCCCCCCCCCCC. The number of carbonyl (C=O) groups is 1. The van der Waals surface area contributed by atoms with Crippen LogP contribution >= 0.6 is 0 Å². The number of allylic oxidation sites excluding steroid dienone is 18. The number of hydrogen-bond acceptors (Lipinski definition) is 18. The average Bonchev–Trinajstić information content (AvgIpc) is 0.781. The molecule has 3 rings (SSSR count). The highest BCUT2D eigenvalue weighted by Crippen LogP contribution is 2.34. The summed E-state index contributed by atoms with van der Waals surface area (Å²) in [6.07, 6.45) is 73.2. The van der Waals surface area contributed by atoms with E-state index in [0.717, 1.165) is 116 Å². The highest BCUT2D eigenvalue weighted by molar-refractivity contribution is 5.76. The zero-order chi connectivity index (χ0) is 81.0. The molecule has 3 aliphatic heterocycles. The van der Waals surface area contributed by atoms with Gasteiger partial charge in [-0.05, 0) is 83.5 Å². The Morgan fingerprint density at radius 1 is 0.330 bits per heavy atom. The van der Waals surface area contributed by atoms with E-state index in [9.17, 15) is 61.0 Å². The molecule has 12 N–H and O–H groups in total. The van der Waals surface area contributed by atoms with E-state index in [1.807, 2.05) is 0 Å². The topological polar surface area (TPSA) is 307 Å². The number of unbranched alkanes of at least 4 members (excludes halogenated alkanes) is 38. The molecule has 1 amide bonds. The summed E-state index contributed by atoms with van der Waals surface area (Å²) in [6, 6.07) is -0.901. The van der Waals surface area contributed by atoms with E-state index in [1.165, 1.54) is 193 Å². The fourth-order valence-corrected chi connectivity index (χ4v) is 14.7. The smallest absolute Gasteiger partial charge is 0.220 e. The van der Waals surface area contributed by atoms with Crippen LogP contribution in [0.3, 0.4) is 0 Å². The van der Waals surface area contributed by atoms with E-state index in [4.69, 9.17) is 28.4 Å². The van der Waals surface area contributed by atoms with Gasteiger partial charge in [0.25, 0.3) is 0 Å². The van der Waals surface area contributed by atoms with Crippen molar-refractivity contribution >= 4 is 5.91 Å². The molecule has 17 unspecified atom stereocenters. The van der Waals surface area contributed by atoms with Gasteiger partial charge in [-0.3, -0.25) is 4.79 Å². The quantitative estimate of drug-likeness (QED) is 0.0199. The lowest BCUT2D eigenvalue weighted by Crippen LogP contribution is -2.66. The second kappa shape index (κ2) is 71.5. The largest absolute Gasteiger partial charge is 0.394 e. The molecule has 0 aliphatic carbocycles. The third-order valence-electron chi connectivity index (χ3n) is 21.9. The van der Waals surface area contributed by atoms with Crippen molar-refractivity contribution in [3.63, 3.8) is 0 Å². The number of nitrogens with one attached hydrogen (secondary N) is 1. The molecule has 3 saturated heterocycles. The fourth-order valence-electron chi connectivity index (χ4n) is 14.7. The van der Waals surface area contributed by atoms with Crippen molar-refractivity contribution in [3.8, 4) is 0 Å². The molecule has 19 heteroatoms. The number of carbonyl (C=O) groups excluding carboxylic acids is 1. The van der Waals surface area contributed by atoms with Gasteiger partial charge in [0.2, 0.25) is 5.91 Å². The highest BCUT2D eigenvalue weighted by Gasteiger charge is 2.54. The molecular formula is C93H163NO18. The number of amides is 1. The van der Waals surface area contributed by atoms with E-state index < -0.39 is 124 Å². The molecule has 0 aromatic rings. The van der Waals surface area contributed by atoms with Crippen LogP contribution < -0.4 is 5.32 Å². The first-order valence-electron chi connectivity index (χ1n) is 45.1. The summed E-state index contributed by atoms with van der Waals surface area (Å²) in [5.74, 6) is -0.249. The summed E-state index contributed by atoms with van der Waals surface area (Å²) in [5, 5.41) is 121. The Labute approximate surface area is 678 Å². The third-order valence-corrected chi connectivity index (χ3v) is 21.9. The van der Waals surface area contributed by atoms with Gasteiger partial charge in [-0.25, -0.2) is 0 Å². The minimum atomic E-state index is -1.98. The van der Waals surface area contributed by atoms with Gasteiger partial charge in [0.15, 0.2) is 18.9 Å². The molecule has 112 heavy (non-hydrogen) atoms. The van der Waals surface area contributed by atoms with Crippen LogP contribution in [0.5, 0.6) is 0 Å². The standard InChI is InChI=1S/C93H163NO18/c1-3-5-7-9-11-13-15-17-19-21-23-25-27-29-31-33-35-36-37-38-39-40-41-43-45-47-49-51-53-55-57-59-61-63-65-67-69-71-81(99)94-76(77(98)70-68-66-64-62-60-58-56-54-52-50-48-46-44-42-34-32-30-28-26-24-22-20-18-16-14-12-10-8-6-4-2)75-107-91-87(105)84(102)89(79(73-96)109-91)112-93-88(106)85(103)90(80(74-97)110-93)111-92-86(104)83(101)82(100)78(72-95)108-92/h5,7,11,13,17,19,23,25,29,31,35-36,38-39,41,43,47,49,76-80,82-93,95-98,100-106H,3-4,6,8-10,12,14-16,18,20-22,24,26-28,30,32-34,37,40,42,44-46,48,50-75H2,1-2H3,(H,94,99)/b7-5-,13-11-,19-17-,25-23-,31-29-,36-35-,39-38-,43-41-,49-47-. The molecule has 0 aromatic carbocycles. The molecule has 3 aliphatic rings. The van der Waals surface area contributed by atoms with Gasteiger partial charge >= 0.3 is 0 Å². The van der Waals surface area contributed by atoms with Crippen LogP contribution in [0.4, 0.5) is 0 Å². The molecule has 3 fully saturated rings. The van der Waals surface area contributed by atoms with Crippen LogP contribution in [0.25, 0.3) is 0 Å². The monoisotopic (exact) mass is 1580 g/mol. The van der Waals surface area contributed by atoms with Gasteiger partial charge in [0.05, 0.1) is 38.6 Å². The van der Waals surface area contributed by atoms with Gasteiger partial charge in [0, 0.05) is 6.42 Å². The Morgan fingerprint density at radius 3 is 0.964 bits per heavy atom. The molecule has 0 aromatic heterocycles. The van der Waals surface area contributed by atoms with Gasteiger partial charge in [-0.1, -0.05) is 361 Å². The van der Waals surface area contributed by atoms with Crippen LogP contribution in [0.15, 0.2) is 109 Å². The van der Waals surface area contributed by atoms with Crippen molar-refractivity contribution in [1.82, 2.24) is 5.32 Å². The molecule has 3 heterocycles. The van der Waals surface area contributed by atoms with E-state index in [1.54, 1.807) is 0 Å². The molecule has 17 atom stereocenters. The van der Waals surface area contributed by atoms with Crippen molar-refractivity contribution in [2.75, 3.05) is 26.4 Å². The van der Waals surface area contributed by atoms with Crippen LogP contribution in [0.1, 0.15) is 341 Å². The normalized spacial score (nSPS) is 25.5. The van der Waals surface area contributed by atoms with E-state index in [0.29, 0.717) is 12.8 Å². The molecule has 19 nitrogen and oxygen atoms in total. The summed E-state index contributed by atoms with van der Waals surface area (Å²) < 4.78 is 34.6. The summed E-state index contributed by atoms with van der Waals surface area (Å²) in [4.78, 5) is 13.5. The van der Waals surface area contributed by atoms with Crippen molar-refractivity contribution in [3.05, 3.63) is 109 Å².